The quantitative estimate of drug-likeness (QED) is 0.787. The largest absolute Gasteiger partial charge is 0.381 e. The Bertz CT molecular complexity index is 584. The maximum Gasteiger partial charge on any atom is 0.0403 e. The molecule has 1 heteroatoms. The van der Waals surface area contributed by atoms with Crippen molar-refractivity contribution in [2.75, 3.05) is 5.32 Å². The summed E-state index contributed by atoms with van der Waals surface area (Å²) < 4.78 is 0. The molecule has 0 spiro atoms. The summed E-state index contributed by atoms with van der Waals surface area (Å²) in [5.41, 5.74) is 8.18. The van der Waals surface area contributed by atoms with E-state index in [9.17, 15) is 0 Å². The third-order valence-electron chi connectivity index (χ3n) is 3.96. The lowest BCUT2D eigenvalue weighted by Gasteiger charge is -2.14. The lowest BCUT2D eigenvalue weighted by Crippen LogP contribution is -2.04. The normalized spacial score (nSPS) is 10.6. The second kappa shape index (κ2) is 6.60. The molecule has 0 saturated carbocycles. The number of rotatable bonds is 5. The van der Waals surface area contributed by atoms with E-state index in [0.717, 1.165) is 13.0 Å². The topological polar surface area (TPSA) is 12.0 Å². The number of aryl methyl sites for hydroxylation is 4. The van der Waals surface area contributed by atoms with E-state index in [1.165, 1.54) is 39.9 Å². The van der Waals surface area contributed by atoms with Crippen LogP contribution in [0.25, 0.3) is 0 Å². The van der Waals surface area contributed by atoms with Crippen LogP contribution in [0.5, 0.6) is 0 Å². The Kier molecular flexibility index (Phi) is 4.84. The van der Waals surface area contributed by atoms with Crippen molar-refractivity contribution in [1.82, 2.24) is 0 Å². The molecule has 106 valence electrons. The highest BCUT2D eigenvalue weighted by molar-refractivity contribution is 5.52. The molecule has 2 aromatic carbocycles. The lowest BCUT2D eigenvalue weighted by molar-refractivity contribution is 0.919. The van der Waals surface area contributed by atoms with Gasteiger partial charge in [0.05, 0.1) is 0 Å². The molecule has 2 rings (SSSR count). The molecule has 0 heterocycles. The van der Waals surface area contributed by atoms with Gasteiger partial charge in [0.1, 0.15) is 0 Å². The van der Waals surface area contributed by atoms with Crippen LogP contribution in [0.4, 0.5) is 5.69 Å². The minimum absolute atomic E-state index is 0.897. The summed E-state index contributed by atoms with van der Waals surface area (Å²) in [5, 5.41) is 3.60. The van der Waals surface area contributed by atoms with Gasteiger partial charge in [0.25, 0.3) is 0 Å². The Morgan fingerprint density at radius 3 is 2.30 bits per heavy atom. The molecule has 0 atom stereocenters. The Morgan fingerprint density at radius 2 is 1.55 bits per heavy atom. The molecule has 0 unspecified atom stereocenters. The lowest BCUT2D eigenvalue weighted by atomic mass is 10.0. The summed E-state index contributed by atoms with van der Waals surface area (Å²) in [6.07, 6.45) is 2.32. The van der Waals surface area contributed by atoms with E-state index in [1.807, 2.05) is 0 Å². The Balaban J connectivity index is 2.15. The highest BCUT2D eigenvalue weighted by Gasteiger charge is 2.04. The van der Waals surface area contributed by atoms with E-state index in [0.29, 0.717) is 0 Å². The zero-order valence-electron chi connectivity index (χ0n) is 13.1. The van der Waals surface area contributed by atoms with Crippen LogP contribution in [-0.4, -0.2) is 0 Å². The molecule has 0 bridgehead atoms. The van der Waals surface area contributed by atoms with Gasteiger partial charge in [-0.3, -0.25) is 0 Å². The average Bonchev–Trinajstić information content (AvgIpc) is 2.43. The van der Waals surface area contributed by atoms with E-state index < -0.39 is 0 Å². The number of hydrogen-bond acceptors (Lipinski definition) is 1. The third kappa shape index (κ3) is 3.41. The van der Waals surface area contributed by atoms with Crippen molar-refractivity contribution in [3.63, 3.8) is 0 Å². The first-order valence-corrected chi connectivity index (χ1v) is 7.50. The number of nitrogens with one attached hydrogen (secondary N) is 1. The molecule has 0 saturated heterocycles. The SMILES string of the molecule is CCCc1ccccc1NCc1cc(C)c(C)cc1C. The van der Waals surface area contributed by atoms with Gasteiger partial charge in [0.15, 0.2) is 0 Å². The maximum atomic E-state index is 3.60. The summed E-state index contributed by atoms with van der Waals surface area (Å²) in [6.45, 7) is 9.68. The maximum absolute atomic E-state index is 3.60. The van der Waals surface area contributed by atoms with Crippen LogP contribution in [0, 0.1) is 20.8 Å². The highest BCUT2D eigenvalue weighted by atomic mass is 14.9. The van der Waals surface area contributed by atoms with Gasteiger partial charge in [-0.1, -0.05) is 43.7 Å². The van der Waals surface area contributed by atoms with Crippen LogP contribution in [-0.2, 0) is 13.0 Å². The zero-order chi connectivity index (χ0) is 14.5. The smallest absolute Gasteiger partial charge is 0.0403 e. The van der Waals surface area contributed by atoms with Gasteiger partial charge in [0.2, 0.25) is 0 Å². The fourth-order valence-corrected chi connectivity index (χ4v) is 2.58. The van der Waals surface area contributed by atoms with E-state index in [-0.39, 0.29) is 0 Å². The van der Waals surface area contributed by atoms with Crippen LogP contribution in [0.15, 0.2) is 36.4 Å². The minimum Gasteiger partial charge on any atom is -0.381 e. The molecule has 0 radical (unpaired) electrons. The van der Waals surface area contributed by atoms with Crippen LogP contribution >= 0.6 is 0 Å². The highest BCUT2D eigenvalue weighted by Crippen LogP contribution is 2.20. The molecule has 0 amide bonds. The van der Waals surface area contributed by atoms with Crippen molar-refractivity contribution in [2.24, 2.45) is 0 Å². The Labute approximate surface area is 123 Å². The molecule has 0 aliphatic heterocycles. The van der Waals surface area contributed by atoms with Crippen molar-refractivity contribution < 1.29 is 0 Å². The predicted octanol–water partition coefficient (Wildman–Crippen LogP) is 5.18. The van der Waals surface area contributed by atoms with E-state index in [1.54, 1.807) is 0 Å². The average molecular weight is 267 g/mol. The molecule has 0 fully saturated rings. The summed E-state index contributed by atoms with van der Waals surface area (Å²) in [7, 11) is 0. The molecule has 1 N–H and O–H groups in total. The fraction of sp³-hybridized carbons (Fsp3) is 0.368. The monoisotopic (exact) mass is 267 g/mol. The van der Waals surface area contributed by atoms with Gasteiger partial charge < -0.3 is 5.32 Å². The van der Waals surface area contributed by atoms with Crippen LogP contribution in [0.1, 0.15) is 41.2 Å². The van der Waals surface area contributed by atoms with E-state index in [2.05, 4.69) is 69.4 Å². The minimum atomic E-state index is 0.897. The second-order valence-electron chi connectivity index (χ2n) is 5.62. The Morgan fingerprint density at radius 1 is 0.850 bits per heavy atom. The second-order valence-corrected chi connectivity index (χ2v) is 5.62. The fourth-order valence-electron chi connectivity index (χ4n) is 2.58. The molecular formula is C19H25N. The first kappa shape index (κ1) is 14.6. The van der Waals surface area contributed by atoms with Crippen molar-refractivity contribution in [3.8, 4) is 0 Å². The Hall–Kier alpha value is -1.76. The molecule has 0 aliphatic rings. The molecule has 0 aliphatic carbocycles. The van der Waals surface area contributed by atoms with Gasteiger partial charge in [0, 0.05) is 12.2 Å². The molecule has 1 nitrogen and oxygen atoms in total. The first-order chi connectivity index (χ1) is 9.61. The van der Waals surface area contributed by atoms with Gasteiger partial charge >= 0.3 is 0 Å². The first-order valence-electron chi connectivity index (χ1n) is 7.50. The molecule has 20 heavy (non-hydrogen) atoms. The van der Waals surface area contributed by atoms with Gasteiger partial charge in [-0.05, 0) is 61.1 Å². The summed E-state index contributed by atoms with van der Waals surface area (Å²) in [5.74, 6) is 0. The van der Waals surface area contributed by atoms with Crippen molar-refractivity contribution in [1.29, 1.82) is 0 Å². The van der Waals surface area contributed by atoms with Crippen LogP contribution in [0.2, 0.25) is 0 Å². The number of anilines is 1. The predicted molar refractivity (Wildman–Crippen MR) is 88.4 cm³/mol. The van der Waals surface area contributed by atoms with Crippen molar-refractivity contribution in [2.45, 2.75) is 47.1 Å². The van der Waals surface area contributed by atoms with Gasteiger partial charge in [-0.15, -0.1) is 0 Å². The number of para-hydroxylation sites is 1. The molecular weight excluding hydrogens is 242 g/mol. The summed E-state index contributed by atoms with van der Waals surface area (Å²) >= 11 is 0. The summed E-state index contributed by atoms with van der Waals surface area (Å²) in [6, 6.07) is 13.2. The van der Waals surface area contributed by atoms with E-state index >= 15 is 0 Å². The van der Waals surface area contributed by atoms with Gasteiger partial charge in [-0.25, -0.2) is 0 Å². The van der Waals surface area contributed by atoms with Crippen molar-refractivity contribution >= 4 is 5.69 Å². The molecule has 2 aromatic rings. The van der Waals surface area contributed by atoms with Crippen LogP contribution < -0.4 is 5.32 Å². The standard InChI is InChI=1S/C19H25N/c1-5-8-17-9-6-7-10-19(17)20-13-18-12-15(3)14(2)11-16(18)4/h6-7,9-12,20H,5,8,13H2,1-4H3. The number of benzene rings is 2. The molecule has 0 aromatic heterocycles. The number of hydrogen-bond donors (Lipinski definition) is 1. The van der Waals surface area contributed by atoms with Crippen molar-refractivity contribution in [3.05, 3.63) is 64.2 Å². The zero-order valence-corrected chi connectivity index (χ0v) is 13.1. The van der Waals surface area contributed by atoms with E-state index in [4.69, 9.17) is 0 Å². The summed E-state index contributed by atoms with van der Waals surface area (Å²) in [4.78, 5) is 0. The van der Waals surface area contributed by atoms with Crippen LogP contribution in [0.3, 0.4) is 0 Å². The van der Waals surface area contributed by atoms with Gasteiger partial charge in [-0.2, -0.15) is 0 Å². The third-order valence-corrected chi connectivity index (χ3v) is 3.96.